The summed E-state index contributed by atoms with van der Waals surface area (Å²) in [5.41, 5.74) is 9.90. The zero-order valence-electron chi connectivity index (χ0n) is 26.9. The van der Waals surface area contributed by atoms with E-state index >= 15 is 0 Å². The largest absolute Gasteiger partial charge is 0.493 e. The lowest BCUT2D eigenvalue weighted by atomic mass is 10.0. The molecule has 3 heterocycles. The second-order valence-corrected chi connectivity index (χ2v) is 12.9. The Bertz CT molecular complexity index is 2020. The van der Waals surface area contributed by atoms with Crippen LogP contribution in [-0.4, -0.2) is 40.8 Å². The summed E-state index contributed by atoms with van der Waals surface area (Å²) in [7, 11) is 0. The maximum atomic E-state index is 13.1. The molecule has 1 atom stereocenters. The summed E-state index contributed by atoms with van der Waals surface area (Å²) in [5.74, 6) is 0.911. The van der Waals surface area contributed by atoms with Crippen LogP contribution < -0.4 is 4.74 Å². The van der Waals surface area contributed by atoms with Crippen LogP contribution in [0.25, 0.3) is 44.1 Å². The van der Waals surface area contributed by atoms with Crippen molar-refractivity contribution in [3.8, 4) is 28.0 Å². The first kappa shape index (κ1) is 29.3. The average Bonchev–Trinajstić information content (AvgIpc) is 3.68. The number of amides is 1. The molecule has 0 radical (unpaired) electrons. The number of carbonyl (C=O) groups is 1. The number of ether oxygens (including phenoxy) is 1. The van der Waals surface area contributed by atoms with Gasteiger partial charge >= 0.3 is 0 Å². The molecule has 1 fully saturated rings. The lowest BCUT2D eigenvalue weighted by molar-refractivity contribution is 0.0774. The lowest BCUT2D eigenvalue weighted by Crippen LogP contribution is -2.35. The van der Waals surface area contributed by atoms with Crippen molar-refractivity contribution in [1.29, 1.82) is 0 Å². The number of rotatable bonds is 9. The molecule has 0 aliphatic carbocycles. The zero-order valence-corrected chi connectivity index (χ0v) is 26.9. The smallest absolute Gasteiger partial charge is 0.256 e. The van der Waals surface area contributed by atoms with Crippen LogP contribution in [0, 0.1) is 6.92 Å². The van der Waals surface area contributed by atoms with E-state index in [-0.39, 0.29) is 11.9 Å². The van der Waals surface area contributed by atoms with Crippen molar-refractivity contribution in [2.45, 2.75) is 51.6 Å². The Kier molecular flexibility index (Phi) is 7.82. The van der Waals surface area contributed by atoms with Crippen LogP contribution in [0.5, 0.6) is 5.75 Å². The van der Waals surface area contributed by atoms with Crippen LogP contribution in [0.15, 0.2) is 114 Å². The molecule has 0 saturated carbocycles. The number of hydrogen-bond acceptors (Lipinski definition) is 3. The number of carbonyl (C=O) groups excluding carboxylic acids is 1. The molecule has 0 N–H and O–H groups in total. The third-order valence-electron chi connectivity index (χ3n) is 9.83. The van der Waals surface area contributed by atoms with Gasteiger partial charge in [0.2, 0.25) is 0 Å². The summed E-state index contributed by atoms with van der Waals surface area (Å²) in [4.78, 5) is 19.8. The van der Waals surface area contributed by atoms with Crippen molar-refractivity contribution in [2.75, 3.05) is 13.2 Å². The maximum absolute atomic E-state index is 13.1. The molecule has 5 nitrogen and oxygen atoms in total. The van der Waals surface area contributed by atoms with Crippen molar-refractivity contribution in [3.63, 3.8) is 0 Å². The molecule has 1 aromatic heterocycles. The normalized spacial score (nSPS) is 15.6. The zero-order chi connectivity index (χ0) is 31.7. The van der Waals surface area contributed by atoms with E-state index in [1.54, 1.807) is 0 Å². The van der Waals surface area contributed by atoms with Gasteiger partial charge in [-0.05, 0) is 97.2 Å². The molecular formula is C42H39N3O2. The average molecular weight is 618 g/mol. The van der Waals surface area contributed by atoms with Crippen LogP contribution in [0.2, 0.25) is 0 Å². The van der Waals surface area contributed by atoms with E-state index in [0.717, 1.165) is 62.2 Å². The Labute approximate surface area is 276 Å². The van der Waals surface area contributed by atoms with E-state index in [9.17, 15) is 4.79 Å². The Morgan fingerprint density at radius 2 is 1.40 bits per heavy atom. The van der Waals surface area contributed by atoms with Gasteiger partial charge < -0.3 is 14.2 Å². The van der Waals surface area contributed by atoms with Crippen molar-refractivity contribution >= 4 is 39.6 Å². The first-order valence-corrected chi connectivity index (χ1v) is 16.9. The predicted molar refractivity (Wildman–Crippen MR) is 193 cm³/mol. The highest BCUT2D eigenvalue weighted by Crippen LogP contribution is 2.36. The highest BCUT2D eigenvalue weighted by molar-refractivity contribution is 6.10. The van der Waals surface area contributed by atoms with Crippen LogP contribution in [0.1, 0.15) is 48.0 Å². The standard InChI is InChI=1S/C42H39N3O2/c1-29-24-37-38(43-28-34-16-11-22-44(34)42(37)46)27-41(29)47-23-10-4-9-21-45-39-19-17-32(30-12-5-2-6-13-30)25-35(39)36-26-33(18-20-40(36)45)31-14-7-3-8-15-31/h2-3,5-8,12-15,17-20,24-28,34H,4,9-11,16,21-23H2,1H3/t34-/m0/s1. The number of nitrogens with zero attached hydrogens (tertiary/aromatic N) is 3. The van der Waals surface area contributed by atoms with E-state index in [4.69, 9.17) is 9.73 Å². The second kappa shape index (κ2) is 12.6. The van der Waals surface area contributed by atoms with E-state index in [1.807, 2.05) is 30.2 Å². The van der Waals surface area contributed by atoms with Gasteiger partial charge in [0.05, 0.1) is 23.9 Å². The van der Waals surface area contributed by atoms with Gasteiger partial charge in [-0.1, -0.05) is 72.8 Å². The first-order valence-electron chi connectivity index (χ1n) is 16.9. The van der Waals surface area contributed by atoms with E-state index in [1.165, 1.54) is 44.1 Å². The summed E-state index contributed by atoms with van der Waals surface area (Å²) in [5, 5.41) is 2.59. The van der Waals surface area contributed by atoms with Gasteiger partial charge in [-0.3, -0.25) is 9.79 Å². The fourth-order valence-corrected chi connectivity index (χ4v) is 7.33. The van der Waals surface area contributed by atoms with Crippen molar-refractivity contribution in [3.05, 3.63) is 120 Å². The van der Waals surface area contributed by atoms with Gasteiger partial charge in [0.15, 0.2) is 0 Å². The highest BCUT2D eigenvalue weighted by atomic mass is 16.5. The SMILES string of the molecule is Cc1cc2c(cc1OCCCCCn1c3ccc(-c4ccccc4)cc3c3cc(-c4ccccc4)ccc31)N=C[C@@H]1CCCN1C2=O. The predicted octanol–water partition coefficient (Wildman–Crippen LogP) is 10.0. The molecule has 5 aromatic carbocycles. The summed E-state index contributed by atoms with van der Waals surface area (Å²) in [6, 6.07) is 39.1. The molecule has 0 spiro atoms. The number of aromatic nitrogens is 1. The van der Waals surface area contributed by atoms with Crippen molar-refractivity contribution in [1.82, 2.24) is 9.47 Å². The second-order valence-electron chi connectivity index (χ2n) is 12.9. The van der Waals surface area contributed by atoms with Gasteiger partial charge in [0.25, 0.3) is 5.91 Å². The van der Waals surface area contributed by atoms with Gasteiger partial charge in [0, 0.05) is 47.2 Å². The Morgan fingerprint density at radius 1 is 0.745 bits per heavy atom. The number of unbranched alkanes of at least 4 members (excludes halogenated alkanes) is 2. The quantitative estimate of drug-likeness (QED) is 0.152. The summed E-state index contributed by atoms with van der Waals surface area (Å²) in [6.45, 7) is 4.42. The van der Waals surface area contributed by atoms with Crippen LogP contribution >= 0.6 is 0 Å². The molecule has 5 heteroatoms. The topological polar surface area (TPSA) is 46.8 Å². The number of fused-ring (bicyclic) bond motifs is 5. The molecule has 0 bridgehead atoms. The maximum Gasteiger partial charge on any atom is 0.256 e. The molecule has 0 unspecified atom stereocenters. The molecule has 6 aromatic rings. The minimum absolute atomic E-state index is 0.0901. The summed E-state index contributed by atoms with van der Waals surface area (Å²) in [6.07, 6.45) is 7.05. The van der Waals surface area contributed by atoms with Gasteiger partial charge in [0.1, 0.15) is 5.75 Å². The Balaban J connectivity index is 0.984. The third-order valence-corrected chi connectivity index (χ3v) is 9.83. The van der Waals surface area contributed by atoms with Crippen LogP contribution in [-0.2, 0) is 6.54 Å². The third kappa shape index (κ3) is 5.61. The molecule has 2 aliphatic rings. The molecule has 234 valence electrons. The van der Waals surface area contributed by atoms with Gasteiger partial charge in [-0.2, -0.15) is 0 Å². The van der Waals surface area contributed by atoms with E-state index < -0.39 is 0 Å². The molecule has 1 saturated heterocycles. The molecule has 47 heavy (non-hydrogen) atoms. The fraction of sp³-hybridized carbons (Fsp3) is 0.238. The van der Waals surface area contributed by atoms with Crippen molar-refractivity contribution in [2.24, 2.45) is 4.99 Å². The van der Waals surface area contributed by atoms with Crippen LogP contribution in [0.3, 0.4) is 0 Å². The first-order chi connectivity index (χ1) is 23.1. The minimum Gasteiger partial charge on any atom is -0.493 e. The molecule has 1 amide bonds. The fourth-order valence-electron chi connectivity index (χ4n) is 7.33. The Morgan fingerprint density at radius 3 is 2.06 bits per heavy atom. The van der Waals surface area contributed by atoms with Crippen LogP contribution in [0.4, 0.5) is 5.69 Å². The molecule has 8 rings (SSSR count). The van der Waals surface area contributed by atoms with Gasteiger partial charge in [-0.15, -0.1) is 0 Å². The number of benzene rings is 5. The summed E-state index contributed by atoms with van der Waals surface area (Å²) >= 11 is 0. The number of aliphatic imine (C=N–C) groups is 1. The molecule has 2 aliphatic heterocycles. The molecular weight excluding hydrogens is 578 g/mol. The monoisotopic (exact) mass is 617 g/mol. The highest BCUT2D eigenvalue weighted by Gasteiger charge is 2.32. The lowest BCUT2D eigenvalue weighted by Gasteiger charge is -2.20. The number of hydrogen-bond donors (Lipinski definition) is 0. The van der Waals surface area contributed by atoms with E-state index in [2.05, 4.69) is 102 Å². The minimum atomic E-state index is 0.0901. The summed E-state index contributed by atoms with van der Waals surface area (Å²) < 4.78 is 8.75. The Hall–Kier alpha value is -5.16. The van der Waals surface area contributed by atoms with E-state index in [0.29, 0.717) is 12.2 Å². The number of aryl methyl sites for hydroxylation is 2. The van der Waals surface area contributed by atoms with Crippen molar-refractivity contribution < 1.29 is 9.53 Å². The van der Waals surface area contributed by atoms with Gasteiger partial charge in [-0.25, -0.2) is 0 Å².